The topological polar surface area (TPSA) is 54.8 Å². The molecule has 3 rings (SSSR count). The fraction of sp³-hybridized carbons (Fsp3) is 0.240. The molecule has 1 aromatic heterocycles. The Morgan fingerprint density at radius 2 is 1.50 bits per heavy atom. The number of rotatable bonds is 5. The number of hydrogen-bond acceptors (Lipinski definition) is 4. The Kier molecular flexibility index (Phi) is 8.75. The number of methoxy groups -OCH3 is 1. The van der Waals surface area contributed by atoms with Gasteiger partial charge in [-0.15, -0.1) is 0 Å². The van der Waals surface area contributed by atoms with Crippen LogP contribution < -0.4 is 4.74 Å². The first-order valence-corrected chi connectivity index (χ1v) is 9.77. The van der Waals surface area contributed by atoms with E-state index < -0.39 is 0 Å². The third-order valence-corrected chi connectivity index (χ3v) is 4.49. The number of benzene rings is 2. The third-order valence-electron chi connectivity index (χ3n) is 4.49. The van der Waals surface area contributed by atoms with Gasteiger partial charge in [-0.05, 0) is 73.9 Å². The van der Waals surface area contributed by atoms with Gasteiger partial charge in [-0.1, -0.05) is 29.8 Å². The lowest BCUT2D eigenvalue weighted by Gasteiger charge is -2.13. The molecule has 0 unspecified atom stereocenters. The Morgan fingerprint density at radius 3 is 2.00 bits per heavy atom. The second-order valence-electron chi connectivity index (χ2n) is 7.02. The standard InChI is InChI=1S/C19H22N2O2.C6H7N/c1-14-5-7-16(8-6-14)13-19(22)21(3)20-15(2)17-9-11-18(23-4)12-10-17;1-6-2-4-7-5-3-6/h5-12H,13H2,1-4H3;2-5H,1H3/b20-15+;. The van der Waals surface area contributed by atoms with Gasteiger partial charge >= 0.3 is 0 Å². The number of aromatic nitrogens is 1. The number of hydrogen-bond donors (Lipinski definition) is 0. The molecule has 3 aromatic rings. The number of pyridine rings is 1. The third kappa shape index (κ3) is 7.51. The van der Waals surface area contributed by atoms with Crippen molar-refractivity contribution < 1.29 is 9.53 Å². The Morgan fingerprint density at radius 1 is 0.933 bits per heavy atom. The van der Waals surface area contributed by atoms with Crippen molar-refractivity contribution in [3.63, 3.8) is 0 Å². The highest BCUT2D eigenvalue weighted by Gasteiger charge is 2.10. The fourth-order valence-electron chi connectivity index (χ4n) is 2.59. The molecular weight excluding hydrogens is 374 g/mol. The van der Waals surface area contributed by atoms with E-state index in [9.17, 15) is 4.79 Å². The van der Waals surface area contributed by atoms with Crippen LogP contribution >= 0.6 is 0 Å². The monoisotopic (exact) mass is 403 g/mol. The maximum Gasteiger partial charge on any atom is 0.246 e. The molecule has 0 saturated heterocycles. The molecule has 0 fully saturated rings. The number of hydrazone groups is 1. The summed E-state index contributed by atoms with van der Waals surface area (Å²) in [5.41, 5.74) is 5.18. The van der Waals surface area contributed by atoms with Crippen molar-refractivity contribution in [3.8, 4) is 5.75 Å². The molecule has 0 aliphatic carbocycles. The average Bonchev–Trinajstić information content (AvgIpc) is 2.76. The zero-order chi connectivity index (χ0) is 21.9. The lowest BCUT2D eigenvalue weighted by Crippen LogP contribution is -2.24. The highest BCUT2D eigenvalue weighted by atomic mass is 16.5. The summed E-state index contributed by atoms with van der Waals surface area (Å²) in [7, 11) is 3.32. The van der Waals surface area contributed by atoms with Crippen molar-refractivity contribution in [3.05, 3.63) is 95.3 Å². The second kappa shape index (κ2) is 11.5. The van der Waals surface area contributed by atoms with E-state index in [1.807, 2.05) is 81.4 Å². The van der Waals surface area contributed by atoms with Crippen LogP contribution in [0, 0.1) is 13.8 Å². The highest BCUT2D eigenvalue weighted by molar-refractivity contribution is 5.99. The van der Waals surface area contributed by atoms with Crippen LogP contribution in [-0.4, -0.2) is 35.8 Å². The molecule has 5 heteroatoms. The quantitative estimate of drug-likeness (QED) is 0.453. The number of amides is 1. The van der Waals surface area contributed by atoms with E-state index in [0.29, 0.717) is 6.42 Å². The Bertz CT molecular complexity index is 950. The van der Waals surface area contributed by atoms with E-state index in [1.54, 1.807) is 26.6 Å². The van der Waals surface area contributed by atoms with Gasteiger partial charge in [0.1, 0.15) is 5.75 Å². The summed E-state index contributed by atoms with van der Waals surface area (Å²) in [5.74, 6) is 0.757. The number of ether oxygens (including phenoxy) is 1. The van der Waals surface area contributed by atoms with E-state index >= 15 is 0 Å². The van der Waals surface area contributed by atoms with E-state index in [2.05, 4.69) is 10.1 Å². The van der Waals surface area contributed by atoms with Gasteiger partial charge in [0.15, 0.2) is 0 Å². The molecule has 0 saturated carbocycles. The van der Waals surface area contributed by atoms with Crippen LogP contribution in [-0.2, 0) is 11.2 Å². The fourth-order valence-corrected chi connectivity index (χ4v) is 2.59. The zero-order valence-electron chi connectivity index (χ0n) is 18.3. The lowest BCUT2D eigenvalue weighted by molar-refractivity contribution is -0.129. The first-order chi connectivity index (χ1) is 14.4. The van der Waals surface area contributed by atoms with Gasteiger partial charge in [0.05, 0.1) is 19.2 Å². The van der Waals surface area contributed by atoms with Gasteiger partial charge in [-0.2, -0.15) is 5.10 Å². The number of nitrogens with zero attached hydrogens (tertiary/aromatic N) is 3. The molecular formula is C25H29N3O2. The molecule has 0 spiro atoms. The van der Waals surface area contributed by atoms with Gasteiger partial charge in [-0.3, -0.25) is 9.78 Å². The minimum absolute atomic E-state index is 0.0401. The molecule has 0 N–H and O–H groups in total. The normalized spacial score (nSPS) is 10.6. The smallest absolute Gasteiger partial charge is 0.246 e. The van der Waals surface area contributed by atoms with Crippen molar-refractivity contribution >= 4 is 11.6 Å². The molecule has 5 nitrogen and oxygen atoms in total. The predicted octanol–water partition coefficient (Wildman–Crippen LogP) is 4.82. The SMILES string of the molecule is COc1ccc(/C(C)=N/N(C)C(=O)Cc2ccc(C)cc2)cc1.Cc1ccncc1. The van der Waals surface area contributed by atoms with Crippen molar-refractivity contribution in [1.29, 1.82) is 0 Å². The molecule has 1 heterocycles. The van der Waals surface area contributed by atoms with E-state index in [1.165, 1.54) is 16.1 Å². The molecule has 0 radical (unpaired) electrons. The minimum atomic E-state index is -0.0401. The molecule has 2 aromatic carbocycles. The van der Waals surface area contributed by atoms with Crippen LogP contribution in [0.5, 0.6) is 5.75 Å². The van der Waals surface area contributed by atoms with Crippen molar-refractivity contribution in [1.82, 2.24) is 9.99 Å². The summed E-state index contributed by atoms with van der Waals surface area (Å²) < 4.78 is 5.14. The summed E-state index contributed by atoms with van der Waals surface area (Å²) in [6, 6.07) is 19.5. The molecule has 0 bridgehead atoms. The molecule has 0 aliphatic heterocycles. The second-order valence-corrected chi connectivity index (χ2v) is 7.02. The lowest BCUT2D eigenvalue weighted by atomic mass is 10.1. The summed E-state index contributed by atoms with van der Waals surface area (Å²) in [6.07, 6.45) is 3.92. The first-order valence-electron chi connectivity index (χ1n) is 9.77. The van der Waals surface area contributed by atoms with E-state index in [0.717, 1.165) is 22.6 Å². The van der Waals surface area contributed by atoms with Gasteiger partial charge in [0.2, 0.25) is 5.91 Å². The van der Waals surface area contributed by atoms with E-state index in [-0.39, 0.29) is 5.91 Å². The molecule has 30 heavy (non-hydrogen) atoms. The Balaban J connectivity index is 0.000000386. The Hall–Kier alpha value is -3.47. The highest BCUT2D eigenvalue weighted by Crippen LogP contribution is 2.12. The van der Waals surface area contributed by atoms with Crippen molar-refractivity contribution in [2.24, 2.45) is 5.10 Å². The van der Waals surface area contributed by atoms with Gasteiger partial charge in [-0.25, -0.2) is 5.01 Å². The van der Waals surface area contributed by atoms with Gasteiger partial charge in [0, 0.05) is 19.4 Å². The van der Waals surface area contributed by atoms with Crippen LogP contribution in [0.2, 0.25) is 0 Å². The number of likely N-dealkylation sites (N-methyl/N-ethyl adjacent to an activating group) is 1. The summed E-state index contributed by atoms with van der Waals surface area (Å²) >= 11 is 0. The number of carbonyl (C=O) groups is 1. The molecule has 1 amide bonds. The van der Waals surface area contributed by atoms with Gasteiger partial charge in [0.25, 0.3) is 0 Å². The summed E-state index contributed by atoms with van der Waals surface area (Å²) in [5, 5.41) is 5.78. The van der Waals surface area contributed by atoms with Crippen LogP contribution in [0.3, 0.4) is 0 Å². The molecule has 0 atom stereocenters. The maximum absolute atomic E-state index is 12.3. The van der Waals surface area contributed by atoms with Crippen LogP contribution in [0.25, 0.3) is 0 Å². The number of carbonyl (C=O) groups excluding carboxylic acids is 1. The van der Waals surface area contributed by atoms with E-state index in [4.69, 9.17) is 4.74 Å². The molecule has 156 valence electrons. The maximum atomic E-state index is 12.3. The Labute approximate surface area is 179 Å². The molecule has 0 aliphatic rings. The van der Waals surface area contributed by atoms with Gasteiger partial charge < -0.3 is 4.74 Å². The average molecular weight is 404 g/mol. The number of aryl methyl sites for hydroxylation is 2. The largest absolute Gasteiger partial charge is 0.497 e. The van der Waals surface area contributed by atoms with Crippen molar-refractivity contribution in [2.45, 2.75) is 27.2 Å². The van der Waals surface area contributed by atoms with Crippen molar-refractivity contribution in [2.75, 3.05) is 14.2 Å². The first kappa shape index (κ1) is 22.8. The van der Waals surface area contributed by atoms with Crippen LogP contribution in [0.15, 0.2) is 78.2 Å². The minimum Gasteiger partial charge on any atom is -0.497 e. The predicted molar refractivity (Wildman–Crippen MR) is 122 cm³/mol. The summed E-state index contributed by atoms with van der Waals surface area (Å²) in [4.78, 5) is 16.1. The van der Waals surface area contributed by atoms with Crippen LogP contribution in [0.4, 0.5) is 0 Å². The zero-order valence-corrected chi connectivity index (χ0v) is 18.3. The summed E-state index contributed by atoms with van der Waals surface area (Å²) in [6.45, 7) is 5.96. The van der Waals surface area contributed by atoms with Crippen LogP contribution in [0.1, 0.15) is 29.2 Å².